The van der Waals surface area contributed by atoms with Crippen molar-refractivity contribution in [2.45, 2.75) is 12.8 Å². The third kappa shape index (κ3) is 2.82. The zero-order valence-electron chi connectivity index (χ0n) is 16.3. The Bertz CT molecular complexity index is 1610. The molecule has 0 amide bonds. The predicted molar refractivity (Wildman–Crippen MR) is 117 cm³/mol. The Kier molecular flexibility index (Phi) is 4.50. The lowest BCUT2D eigenvalue weighted by atomic mass is 9.97. The van der Waals surface area contributed by atoms with Crippen LogP contribution in [-0.2, 0) is 12.8 Å². The Labute approximate surface area is 174 Å². The van der Waals surface area contributed by atoms with Crippen molar-refractivity contribution in [2.24, 2.45) is 0 Å². The molecule has 31 heavy (non-hydrogen) atoms. The lowest BCUT2D eigenvalue weighted by Gasteiger charge is -2.12. The van der Waals surface area contributed by atoms with E-state index >= 15 is 0 Å². The van der Waals surface area contributed by atoms with Crippen molar-refractivity contribution in [3.8, 4) is 5.75 Å². The Morgan fingerprint density at radius 3 is 1.84 bits per heavy atom. The summed E-state index contributed by atoms with van der Waals surface area (Å²) in [6, 6.07) is 11.7. The molecular weight excluding hydrogens is 400 g/mol. The fourth-order valence-electron chi connectivity index (χ4n) is 4.37. The molecule has 0 unspecified atom stereocenters. The van der Waals surface area contributed by atoms with Gasteiger partial charge >= 0.3 is 11.3 Å². The van der Waals surface area contributed by atoms with Crippen LogP contribution in [0.4, 0.5) is 0 Å². The zero-order chi connectivity index (χ0) is 21.7. The van der Waals surface area contributed by atoms with Crippen molar-refractivity contribution in [1.82, 2.24) is 0 Å². The maximum atomic E-state index is 13.0. The number of aliphatic hydroxyl groups excluding tert-OH is 2. The summed E-state index contributed by atoms with van der Waals surface area (Å²) in [5, 5.41) is 31.8. The normalized spacial score (nSPS) is 11.8. The van der Waals surface area contributed by atoms with Crippen molar-refractivity contribution in [3.63, 3.8) is 0 Å². The molecule has 5 aromatic rings. The number of benzene rings is 3. The smallest absolute Gasteiger partial charge is 0.344 e. The van der Waals surface area contributed by atoms with Crippen LogP contribution in [0, 0.1) is 0 Å². The predicted octanol–water partition coefficient (Wildman–Crippen LogP) is 2.98. The van der Waals surface area contributed by atoms with Gasteiger partial charge in [0, 0.05) is 30.1 Å². The van der Waals surface area contributed by atoms with Crippen molar-refractivity contribution in [2.75, 3.05) is 13.2 Å². The van der Waals surface area contributed by atoms with Gasteiger partial charge in [-0.25, -0.2) is 9.59 Å². The van der Waals surface area contributed by atoms with E-state index in [9.17, 15) is 24.9 Å². The summed E-state index contributed by atoms with van der Waals surface area (Å²) in [6.07, 6.45) is 0.533. The monoisotopic (exact) mass is 418 g/mol. The van der Waals surface area contributed by atoms with Gasteiger partial charge in [-0.15, -0.1) is 0 Å². The maximum Gasteiger partial charge on any atom is 0.344 e. The Morgan fingerprint density at radius 1 is 0.710 bits per heavy atom. The van der Waals surface area contributed by atoms with Crippen molar-refractivity contribution >= 4 is 43.5 Å². The molecule has 0 fully saturated rings. The van der Waals surface area contributed by atoms with E-state index in [-0.39, 0.29) is 43.0 Å². The van der Waals surface area contributed by atoms with Gasteiger partial charge in [0.1, 0.15) is 11.3 Å². The Morgan fingerprint density at radius 2 is 1.26 bits per heavy atom. The van der Waals surface area contributed by atoms with Crippen LogP contribution in [0.2, 0.25) is 0 Å². The van der Waals surface area contributed by atoms with E-state index in [0.717, 1.165) is 0 Å². The second-order valence-corrected chi connectivity index (χ2v) is 7.38. The molecule has 0 aliphatic rings. The molecule has 2 heterocycles. The van der Waals surface area contributed by atoms with Gasteiger partial charge in [0.25, 0.3) is 0 Å². The van der Waals surface area contributed by atoms with Crippen LogP contribution in [0.1, 0.15) is 11.1 Å². The summed E-state index contributed by atoms with van der Waals surface area (Å²) < 4.78 is 11.2. The van der Waals surface area contributed by atoms with Crippen LogP contribution in [0.15, 0.2) is 60.9 Å². The van der Waals surface area contributed by atoms with Crippen LogP contribution < -0.4 is 11.3 Å². The largest absolute Gasteiger partial charge is 0.507 e. The first-order chi connectivity index (χ1) is 15.0. The molecular formula is C24H18O7. The molecule has 0 aliphatic heterocycles. The highest BCUT2D eigenvalue weighted by molar-refractivity contribution is 6.22. The molecule has 0 saturated heterocycles. The SMILES string of the molecule is O=c1oc2c(c(O)cc3oc(=O)c4c(CCO)cccc4c32)c2cccc(CCO)c12. The van der Waals surface area contributed by atoms with Gasteiger partial charge < -0.3 is 24.2 Å². The number of aliphatic hydroxyl groups is 2. The Hall–Kier alpha value is -3.68. The minimum atomic E-state index is -0.607. The van der Waals surface area contributed by atoms with E-state index in [1.165, 1.54) is 6.07 Å². The van der Waals surface area contributed by atoms with Crippen molar-refractivity contribution < 1.29 is 24.2 Å². The van der Waals surface area contributed by atoms with Crippen LogP contribution in [0.5, 0.6) is 5.75 Å². The van der Waals surface area contributed by atoms with Gasteiger partial charge in [-0.3, -0.25) is 0 Å². The van der Waals surface area contributed by atoms with Gasteiger partial charge in [0.05, 0.1) is 21.5 Å². The van der Waals surface area contributed by atoms with E-state index in [1.807, 2.05) is 0 Å². The number of aromatic hydroxyl groups is 1. The molecule has 0 radical (unpaired) electrons. The average molecular weight is 418 g/mol. The molecule has 0 atom stereocenters. The molecule has 156 valence electrons. The van der Waals surface area contributed by atoms with Crippen LogP contribution >= 0.6 is 0 Å². The fourth-order valence-corrected chi connectivity index (χ4v) is 4.37. The minimum absolute atomic E-state index is 0.0951. The molecule has 0 saturated carbocycles. The van der Waals surface area contributed by atoms with E-state index in [4.69, 9.17) is 8.83 Å². The van der Waals surface area contributed by atoms with E-state index in [0.29, 0.717) is 43.4 Å². The summed E-state index contributed by atoms with van der Waals surface area (Å²) in [4.78, 5) is 25.6. The summed E-state index contributed by atoms with van der Waals surface area (Å²) in [6.45, 7) is -0.274. The number of fused-ring (bicyclic) bond motifs is 7. The second-order valence-electron chi connectivity index (χ2n) is 7.38. The molecule has 7 heteroatoms. The van der Waals surface area contributed by atoms with Gasteiger partial charge in [-0.05, 0) is 24.0 Å². The van der Waals surface area contributed by atoms with Crippen LogP contribution in [0.3, 0.4) is 0 Å². The molecule has 0 aliphatic carbocycles. The number of phenols is 1. The summed E-state index contributed by atoms with van der Waals surface area (Å²) >= 11 is 0. The highest BCUT2D eigenvalue weighted by atomic mass is 16.4. The minimum Gasteiger partial charge on any atom is -0.507 e. The summed E-state index contributed by atoms with van der Waals surface area (Å²) in [7, 11) is 0. The quantitative estimate of drug-likeness (QED) is 0.303. The topological polar surface area (TPSA) is 121 Å². The third-order valence-corrected chi connectivity index (χ3v) is 5.63. The lowest BCUT2D eigenvalue weighted by Crippen LogP contribution is -2.07. The number of hydrogen-bond acceptors (Lipinski definition) is 7. The van der Waals surface area contributed by atoms with E-state index in [2.05, 4.69) is 0 Å². The molecule has 7 nitrogen and oxygen atoms in total. The molecule has 5 rings (SSSR count). The zero-order valence-corrected chi connectivity index (χ0v) is 16.3. The van der Waals surface area contributed by atoms with Gasteiger partial charge in [0.2, 0.25) is 0 Å². The average Bonchev–Trinajstić information content (AvgIpc) is 2.74. The van der Waals surface area contributed by atoms with Gasteiger partial charge in [-0.1, -0.05) is 36.4 Å². The summed E-state index contributed by atoms with van der Waals surface area (Å²) in [5.74, 6) is -0.189. The standard InChI is InChI=1S/C24H18O7/c25-9-7-12-3-1-5-14-18(12)24(29)31-22-20(14)16(27)11-17-21(22)15-6-2-4-13(8-10-26)19(15)23(28)30-17/h1-6,11,25-27H,7-10H2. The van der Waals surface area contributed by atoms with E-state index < -0.39 is 11.3 Å². The molecule has 3 aromatic carbocycles. The number of hydrogen-bond donors (Lipinski definition) is 3. The van der Waals surface area contributed by atoms with Gasteiger partial charge in [0.15, 0.2) is 5.58 Å². The third-order valence-electron chi connectivity index (χ3n) is 5.63. The van der Waals surface area contributed by atoms with Crippen LogP contribution in [-0.4, -0.2) is 28.5 Å². The summed E-state index contributed by atoms with van der Waals surface area (Å²) in [5.41, 5.74) is 0.235. The van der Waals surface area contributed by atoms with Crippen molar-refractivity contribution in [1.29, 1.82) is 0 Å². The fraction of sp³-hybridized carbons (Fsp3) is 0.167. The first kappa shape index (κ1) is 19.3. The highest BCUT2D eigenvalue weighted by Crippen LogP contribution is 2.39. The maximum absolute atomic E-state index is 13.0. The van der Waals surface area contributed by atoms with Gasteiger partial charge in [-0.2, -0.15) is 0 Å². The first-order valence-corrected chi connectivity index (χ1v) is 9.85. The highest BCUT2D eigenvalue weighted by Gasteiger charge is 2.21. The number of rotatable bonds is 4. The Balaban J connectivity index is 2.06. The van der Waals surface area contributed by atoms with Crippen LogP contribution in [0.25, 0.3) is 43.5 Å². The molecule has 3 N–H and O–H groups in total. The van der Waals surface area contributed by atoms with Crippen molar-refractivity contribution in [3.05, 3.63) is 74.4 Å². The molecule has 0 bridgehead atoms. The molecule has 2 aromatic heterocycles. The van der Waals surface area contributed by atoms with E-state index in [1.54, 1.807) is 36.4 Å². The first-order valence-electron chi connectivity index (χ1n) is 9.85. The number of phenolic OH excluding ortho intramolecular Hbond substituents is 1. The second kappa shape index (κ2) is 7.23. The molecule has 0 spiro atoms. The lowest BCUT2D eigenvalue weighted by molar-refractivity contribution is 0.299.